The van der Waals surface area contributed by atoms with Crippen LogP contribution in [0.1, 0.15) is 12.0 Å². The summed E-state index contributed by atoms with van der Waals surface area (Å²) in [5.74, 6) is 0. The molecule has 0 spiro atoms. The maximum absolute atomic E-state index is 12.1. The van der Waals surface area contributed by atoms with Gasteiger partial charge in [0.05, 0.1) is 24.9 Å². The van der Waals surface area contributed by atoms with E-state index in [0.29, 0.717) is 6.42 Å². The average molecular weight is 352 g/mol. The SMILES string of the molecule is C=CCOC(=O)N1C[C@H](OS(C)(=O)=O)C[C@H]1/C=C/c1cccnc1. The highest BCUT2D eigenvalue weighted by Crippen LogP contribution is 2.24. The highest BCUT2D eigenvalue weighted by atomic mass is 32.2. The third kappa shape index (κ3) is 5.47. The summed E-state index contributed by atoms with van der Waals surface area (Å²) in [6, 6.07) is 3.36. The van der Waals surface area contributed by atoms with E-state index in [-0.39, 0.29) is 19.2 Å². The van der Waals surface area contributed by atoms with E-state index >= 15 is 0 Å². The number of carbonyl (C=O) groups excluding carboxylic acids is 1. The predicted octanol–water partition coefficient (Wildman–Crippen LogP) is 1.84. The number of aromatic nitrogens is 1. The summed E-state index contributed by atoms with van der Waals surface area (Å²) in [6.45, 7) is 3.73. The first kappa shape index (κ1) is 18.2. The number of ether oxygens (including phenoxy) is 1. The molecule has 8 heteroatoms. The fraction of sp³-hybridized carbons (Fsp3) is 0.375. The van der Waals surface area contributed by atoms with Crippen LogP contribution >= 0.6 is 0 Å². The van der Waals surface area contributed by atoms with E-state index in [9.17, 15) is 13.2 Å². The topological polar surface area (TPSA) is 85.8 Å². The van der Waals surface area contributed by atoms with Gasteiger partial charge in [0.25, 0.3) is 10.1 Å². The molecule has 1 amide bonds. The van der Waals surface area contributed by atoms with Crippen LogP contribution in [-0.2, 0) is 19.0 Å². The highest BCUT2D eigenvalue weighted by Gasteiger charge is 2.37. The van der Waals surface area contributed by atoms with Gasteiger partial charge in [-0.1, -0.05) is 30.9 Å². The Bertz CT molecular complexity index is 702. The van der Waals surface area contributed by atoms with Crippen LogP contribution < -0.4 is 0 Å². The second kappa shape index (κ2) is 8.07. The van der Waals surface area contributed by atoms with Crippen molar-refractivity contribution in [2.75, 3.05) is 19.4 Å². The molecular formula is C16H20N2O5S. The van der Waals surface area contributed by atoms with Crippen molar-refractivity contribution in [3.05, 3.63) is 48.8 Å². The Balaban J connectivity index is 2.12. The van der Waals surface area contributed by atoms with Crippen molar-refractivity contribution in [1.82, 2.24) is 9.88 Å². The van der Waals surface area contributed by atoms with Crippen molar-refractivity contribution in [2.24, 2.45) is 0 Å². The lowest BCUT2D eigenvalue weighted by atomic mass is 10.1. The molecule has 1 aromatic heterocycles. The lowest BCUT2D eigenvalue weighted by molar-refractivity contribution is 0.109. The fourth-order valence-corrected chi connectivity index (χ4v) is 3.08. The zero-order valence-electron chi connectivity index (χ0n) is 13.4. The number of nitrogens with zero attached hydrogens (tertiary/aromatic N) is 2. The number of rotatable bonds is 6. The Morgan fingerprint density at radius 1 is 1.54 bits per heavy atom. The first-order chi connectivity index (χ1) is 11.4. The number of pyridine rings is 1. The van der Waals surface area contributed by atoms with E-state index in [2.05, 4.69) is 11.6 Å². The molecule has 2 heterocycles. The lowest BCUT2D eigenvalue weighted by Gasteiger charge is -2.20. The standard InChI is InChI=1S/C16H20N2O5S/c1-3-9-22-16(19)18-12-15(23-24(2,20)21)10-14(18)7-6-13-5-4-8-17-11-13/h3-8,11,14-15H,1,9-10,12H2,2H3/b7-6+/t14-,15-/m1/s1. The molecule has 2 rings (SSSR count). The summed E-state index contributed by atoms with van der Waals surface area (Å²) < 4.78 is 32.7. The second-order valence-electron chi connectivity index (χ2n) is 5.39. The van der Waals surface area contributed by atoms with Crippen molar-refractivity contribution < 1.29 is 22.1 Å². The molecule has 7 nitrogen and oxygen atoms in total. The van der Waals surface area contributed by atoms with Crippen molar-refractivity contribution >= 4 is 22.3 Å². The highest BCUT2D eigenvalue weighted by molar-refractivity contribution is 7.86. The maximum atomic E-state index is 12.1. The van der Waals surface area contributed by atoms with E-state index in [0.717, 1.165) is 11.8 Å². The van der Waals surface area contributed by atoms with Crippen LogP contribution in [0.5, 0.6) is 0 Å². The fourth-order valence-electron chi connectivity index (χ4n) is 2.45. The molecule has 0 aromatic carbocycles. The summed E-state index contributed by atoms with van der Waals surface area (Å²) in [5, 5.41) is 0. The van der Waals surface area contributed by atoms with Gasteiger partial charge >= 0.3 is 6.09 Å². The molecule has 1 aliphatic rings. The van der Waals surface area contributed by atoms with Gasteiger partial charge in [0.2, 0.25) is 0 Å². The molecule has 0 bridgehead atoms. The van der Waals surface area contributed by atoms with Gasteiger partial charge < -0.3 is 4.74 Å². The molecule has 24 heavy (non-hydrogen) atoms. The molecule has 130 valence electrons. The van der Waals surface area contributed by atoms with Gasteiger partial charge in [0.1, 0.15) is 6.61 Å². The number of hydrogen-bond acceptors (Lipinski definition) is 6. The molecule has 0 unspecified atom stereocenters. The maximum Gasteiger partial charge on any atom is 0.410 e. The predicted molar refractivity (Wildman–Crippen MR) is 89.6 cm³/mol. The minimum Gasteiger partial charge on any atom is -0.445 e. The molecule has 0 N–H and O–H groups in total. The van der Waals surface area contributed by atoms with Crippen LogP contribution in [0.3, 0.4) is 0 Å². The number of carbonyl (C=O) groups is 1. The van der Waals surface area contributed by atoms with E-state index < -0.39 is 22.3 Å². The average Bonchev–Trinajstić information content (AvgIpc) is 2.92. The summed E-state index contributed by atoms with van der Waals surface area (Å²) in [4.78, 5) is 17.6. The Morgan fingerprint density at radius 3 is 2.96 bits per heavy atom. The van der Waals surface area contributed by atoms with Gasteiger partial charge in [-0.2, -0.15) is 8.42 Å². The third-order valence-electron chi connectivity index (χ3n) is 3.37. The number of hydrogen-bond donors (Lipinski definition) is 0. The van der Waals surface area contributed by atoms with Gasteiger partial charge in [-0.25, -0.2) is 4.79 Å². The van der Waals surface area contributed by atoms with Crippen LogP contribution in [0.15, 0.2) is 43.3 Å². The zero-order valence-corrected chi connectivity index (χ0v) is 14.2. The Labute approximate surface area is 141 Å². The molecule has 2 atom stereocenters. The van der Waals surface area contributed by atoms with E-state index in [4.69, 9.17) is 8.92 Å². The Morgan fingerprint density at radius 2 is 2.33 bits per heavy atom. The minimum atomic E-state index is -3.59. The van der Waals surface area contributed by atoms with Gasteiger partial charge in [-0.05, 0) is 11.6 Å². The largest absolute Gasteiger partial charge is 0.445 e. The summed E-state index contributed by atoms with van der Waals surface area (Å²) >= 11 is 0. The molecule has 0 saturated carbocycles. The second-order valence-corrected chi connectivity index (χ2v) is 6.99. The van der Waals surface area contributed by atoms with Crippen LogP contribution in [-0.4, -0.2) is 55.9 Å². The third-order valence-corrected chi connectivity index (χ3v) is 3.99. The normalized spacial score (nSPS) is 21.1. The van der Waals surface area contributed by atoms with Crippen LogP contribution in [0.25, 0.3) is 6.08 Å². The molecule has 1 aliphatic heterocycles. The Kier molecular flexibility index (Phi) is 6.10. The van der Waals surface area contributed by atoms with Crippen LogP contribution in [0.4, 0.5) is 4.79 Å². The van der Waals surface area contributed by atoms with Gasteiger partial charge in [-0.3, -0.25) is 14.1 Å². The van der Waals surface area contributed by atoms with Crippen molar-refractivity contribution in [2.45, 2.75) is 18.6 Å². The van der Waals surface area contributed by atoms with Crippen molar-refractivity contribution in [3.63, 3.8) is 0 Å². The molecule has 1 fully saturated rings. The van der Waals surface area contributed by atoms with E-state index in [1.807, 2.05) is 18.2 Å². The Hall–Kier alpha value is -2.19. The van der Waals surface area contributed by atoms with Crippen LogP contribution in [0.2, 0.25) is 0 Å². The van der Waals surface area contributed by atoms with E-state index in [1.54, 1.807) is 18.5 Å². The van der Waals surface area contributed by atoms with Crippen molar-refractivity contribution in [3.8, 4) is 0 Å². The summed E-state index contributed by atoms with van der Waals surface area (Å²) in [6.07, 6.45) is 8.71. The lowest BCUT2D eigenvalue weighted by Crippen LogP contribution is -2.35. The number of amides is 1. The van der Waals surface area contributed by atoms with E-state index in [1.165, 1.54) is 11.0 Å². The smallest absolute Gasteiger partial charge is 0.410 e. The summed E-state index contributed by atoms with van der Waals surface area (Å²) in [5.41, 5.74) is 0.879. The monoisotopic (exact) mass is 352 g/mol. The van der Waals surface area contributed by atoms with Gasteiger partial charge in [0, 0.05) is 18.8 Å². The molecular weight excluding hydrogens is 332 g/mol. The van der Waals surface area contributed by atoms with Crippen LogP contribution in [0, 0.1) is 0 Å². The van der Waals surface area contributed by atoms with Crippen molar-refractivity contribution in [1.29, 1.82) is 0 Å². The number of likely N-dealkylation sites (tertiary alicyclic amines) is 1. The first-order valence-electron chi connectivity index (χ1n) is 7.40. The van der Waals surface area contributed by atoms with Gasteiger partial charge in [0.15, 0.2) is 0 Å². The summed E-state index contributed by atoms with van der Waals surface area (Å²) in [7, 11) is -3.59. The van der Waals surface area contributed by atoms with Gasteiger partial charge in [-0.15, -0.1) is 0 Å². The molecule has 0 radical (unpaired) electrons. The molecule has 1 aromatic rings. The zero-order chi connectivity index (χ0) is 17.6. The molecule has 1 saturated heterocycles. The quantitative estimate of drug-likeness (QED) is 0.574. The minimum absolute atomic E-state index is 0.0893. The first-order valence-corrected chi connectivity index (χ1v) is 9.21. The molecule has 0 aliphatic carbocycles.